The Morgan fingerprint density at radius 1 is 1.64 bits per heavy atom. The van der Waals surface area contributed by atoms with Crippen molar-refractivity contribution in [1.29, 1.82) is 0 Å². The van der Waals surface area contributed by atoms with Gasteiger partial charge >= 0.3 is 0 Å². The van der Waals surface area contributed by atoms with Gasteiger partial charge in [-0.15, -0.1) is 11.3 Å². The van der Waals surface area contributed by atoms with E-state index in [2.05, 4.69) is 10.3 Å². The number of aromatic nitrogens is 1. The summed E-state index contributed by atoms with van der Waals surface area (Å²) >= 11 is 1.73. The Balaban J connectivity index is 2.16. The third-order valence-corrected chi connectivity index (χ3v) is 3.70. The lowest BCUT2D eigenvalue weighted by Crippen LogP contribution is -2.31. The molecule has 1 heterocycles. The van der Waals surface area contributed by atoms with E-state index in [1.807, 2.05) is 6.92 Å². The largest absolute Gasteiger partial charge is 0.359 e. The molecular weight excluding hydrogens is 196 g/mol. The minimum atomic E-state index is 0.160. The number of hydrogen-bond acceptors (Lipinski definition) is 3. The van der Waals surface area contributed by atoms with Crippen LogP contribution in [0.5, 0.6) is 0 Å². The normalized spacial score (nSPS) is 20.3. The Kier molecular flexibility index (Phi) is 2.54. The van der Waals surface area contributed by atoms with Gasteiger partial charge in [0.1, 0.15) is 0 Å². The number of carbonyl (C=O) groups is 1. The van der Waals surface area contributed by atoms with Crippen molar-refractivity contribution in [2.24, 2.45) is 5.92 Å². The molecular formula is C10H14N2OS. The first kappa shape index (κ1) is 9.65. The summed E-state index contributed by atoms with van der Waals surface area (Å²) in [6, 6.07) is 0. The highest BCUT2D eigenvalue weighted by molar-refractivity contribution is 7.11. The van der Waals surface area contributed by atoms with Crippen molar-refractivity contribution >= 4 is 17.2 Å². The quantitative estimate of drug-likeness (QED) is 0.759. The molecule has 0 radical (unpaired) electrons. The summed E-state index contributed by atoms with van der Waals surface area (Å²) in [4.78, 5) is 17.2. The van der Waals surface area contributed by atoms with Gasteiger partial charge in [-0.05, 0) is 26.2 Å². The maximum atomic E-state index is 11.5. The molecule has 76 valence electrons. The smallest absolute Gasteiger partial charge is 0.223 e. The van der Waals surface area contributed by atoms with Crippen molar-refractivity contribution in [1.82, 2.24) is 10.3 Å². The second-order valence-corrected chi connectivity index (χ2v) is 4.94. The highest BCUT2D eigenvalue weighted by Gasteiger charge is 2.26. The molecule has 1 atom stereocenters. The van der Waals surface area contributed by atoms with Crippen molar-refractivity contribution in [3.8, 4) is 0 Å². The van der Waals surface area contributed by atoms with E-state index in [-0.39, 0.29) is 11.8 Å². The SMILES string of the molecule is CNC(=O)C1CCc2nc(C)sc2C1. The van der Waals surface area contributed by atoms with E-state index in [0.29, 0.717) is 0 Å². The van der Waals surface area contributed by atoms with Crippen LogP contribution in [0.2, 0.25) is 0 Å². The summed E-state index contributed by atoms with van der Waals surface area (Å²) in [7, 11) is 1.70. The predicted octanol–water partition coefficient (Wildman–Crippen LogP) is 1.30. The molecule has 0 spiro atoms. The summed E-state index contributed by atoms with van der Waals surface area (Å²) in [5, 5.41) is 3.84. The lowest BCUT2D eigenvalue weighted by atomic mass is 9.90. The zero-order valence-electron chi connectivity index (χ0n) is 8.46. The van der Waals surface area contributed by atoms with Gasteiger partial charge in [-0.3, -0.25) is 4.79 Å². The molecule has 0 saturated heterocycles. The number of rotatable bonds is 1. The van der Waals surface area contributed by atoms with Crippen LogP contribution in [0.1, 0.15) is 22.0 Å². The van der Waals surface area contributed by atoms with Gasteiger partial charge in [0, 0.05) is 17.8 Å². The Labute approximate surface area is 87.6 Å². The number of aryl methyl sites for hydroxylation is 2. The molecule has 1 N–H and O–H groups in total. The third-order valence-electron chi connectivity index (χ3n) is 2.66. The molecule has 0 saturated carbocycles. The molecule has 1 aliphatic carbocycles. The average molecular weight is 210 g/mol. The molecule has 3 nitrogen and oxygen atoms in total. The molecule has 1 aromatic heterocycles. The third kappa shape index (κ3) is 1.66. The molecule has 0 aromatic carbocycles. The lowest BCUT2D eigenvalue weighted by Gasteiger charge is -2.19. The fourth-order valence-electron chi connectivity index (χ4n) is 1.93. The Morgan fingerprint density at radius 3 is 3.14 bits per heavy atom. The van der Waals surface area contributed by atoms with Crippen LogP contribution < -0.4 is 5.32 Å². The molecule has 1 aromatic rings. The van der Waals surface area contributed by atoms with Gasteiger partial charge in [0.25, 0.3) is 0 Å². The van der Waals surface area contributed by atoms with E-state index in [9.17, 15) is 4.79 Å². The number of carbonyl (C=O) groups excluding carboxylic acids is 1. The van der Waals surface area contributed by atoms with E-state index >= 15 is 0 Å². The first-order valence-corrected chi connectivity index (χ1v) is 5.69. The van der Waals surface area contributed by atoms with Gasteiger partial charge in [0.05, 0.1) is 10.7 Å². The summed E-state index contributed by atoms with van der Waals surface area (Å²) in [5.74, 6) is 0.328. The fourth-order valence-corrected chi connectivity index (χ4v) is 2.99. The van der Waals surface area contributed by atoms with E-state index in [1.165, 1.54) is 10.6 Å². The van der Waals surface area contributed by atoms with Gasteiger partial charge < -0.3 is 5.32 Å². The second kappa shape index (κ2) is 3.69. The van der Waals surface area contributed by atoms with Gasteiger partial charge in [0.15, 0.2) is 0 Å². The highest BCUT2D eigenvalue weighted by Crippen LogP contribution is 2.29. The lowest BCUT2D eigenvalue weighted by molar-refractivity contribution is -0.124. The molecule has 0 fully saturated rings. The zero-order valence-corrected chi connectivity index (χ0v) is 9.28. The molecule has 2 rings (SSSR count). The fraction of sp³-hybridized carbons (Fsp3) is 0.600. The van der Waals surface area contributed by atoms with Gasteiger partial charge in [-0.25, -0.2) is 4.98 Å². The topological polar surface area (TPSA) is 42.0 Å². The number of nitrogens with zero attached hydrogens (tertiary/aromatic N) is 1. The molecule has 1 aliphatic rings. The molecule has 4 heteroatoms. The van der Waals surface area contributed by atoms with E-state index in [1.54, 1.807) is 18.4 Å². The average Bonchev–Trinajstić information content (AvgIpc) is 2.55. The van der Waals surface area contributed by atoms with E-state index < -0.39 is 0 Å². The maximum Gasteiger partial charge on any atom is 0.223 e. The minimum Gasteiger partial charge on any atom is -0.359 e. The van der Waals surface area contributed by atoms with Crippen molar-refractivity contribution < 1.29 is 4.79 Å². The van der Waals surface area contributed by atoms with E-state index in [0.717, 1.165) is 24.3 Å². The van der Waals surface area contributed by atoms with Gasteiger partial charge in [0.2, 0.25) is 5.91 Å². The Morgan fingerprint density at radius 2 is 2.43 bits per heavy atom. The molecule has 0 aliphatic heterocycles. The van der Waals surface area contributed by atoms with Crippen LogP contribution in [0.3, 0.4) is 0 Å². The van der Waals surface area contributed by atoms with Crippen molar-refractivity contribution in [2.75, 3.05) is 7.05 Å². The van der Waals surface area contributed by atoms with Crippen LogP contribution >= 0.6 is 11.3 Å². The van der Waals surface area contributed by atoms with Crippen molar-refractivity contribution in [3.05, 3.63) is 15.6 Å². The van der Waals surface area contributed by atoms with Crippen LogP contribution in [0.25, 0.3) is 0 Å². The standard InChI is InChI=1S/C10H14N2OS/c1-6-12-8-4-3-7(10(13)11-2)5-9(8)14-6/h7H,3-5H2,1-2H3,(H,11,13). The highest BCUT2D eigenvalue weighted by atomic mass is 32.1. The van der Waals surface area contributed by atoms with Crippen molar-refractivity contribution in [2.45, 2.75) is 26.2 Å². The molecule has 14 heavy (non-hydrogen) atoms. The van der Waals surface area contributed by atoms with E-state index in [4.69, 9.17) is 0 Å². The number of thiazole rings is 1. The minimum absolute atomic E-state index is 0.160. The summed E-state index contributed by atoms with van der Waals surface area (Å²) in [6.07, 6.45) is 2.77. The summed E-state index contributed by atoms with van der Waals surface area (Å²) in [5.41, 5.74) is 1.22. The monoisotopic (exact) mass is 210 g/mol. The number of amides is 1. The molecule has 1 unspecified atom stereocenters. The zero-order chi connectivity index (χ0) is 10.1. The second-order valence-electron chi connectivity index (χ2n) is 3.66. The number of fused-ring (bicyclic) bond motifs is 1. The summed E-state index contributed by atoms with van der Waals surface area (Å²) < 4.78 is 0. The number of hydrogen-bond donors (Lipinski definition) is 1. The summed E-state index contributed by atoms with van der Waals surface area (Å²) in [6.45, 7) is 2.03. The first-order valence-electron chi connectivity index (χ1n) is 4.87. The molecule has 0 bridgehead atoms. The van der Waals surface area contributed by atoms with Crippen LogP contribution in [0.4, 0.5) is 0 Å². The molecule has 1 amide bonds. The van der Waals surface area contributed by atoms with Gasteiger partial charge in [-0.1, -0.05) is 0 Å². The number of nitrogens with one attached hydrogen (secondary N) is 1. The van der Waals surface area contributed by atoms with Crippen molar-refractivity contribution in [3.63, 3.8) is 0 Å². The predicted molar refractivity (Wildman–Crippen MR) is 56.4 cm³/mol. The van der Waals surface area contributed by atoms with Crippen LogP contribution in [-0.2, 0) is 17.6 Å². The van der Waals surface area contributed by atoms with Gasteiger partial charge in [-0.2, -0.15) is 0 Å². The van der Waals surface area contributed by atoms with Crippen LogP contribution in [0, 0.1) is 12.8 Å². The maximum absolute atomic E-state index is 11.5. The van der Waals surface area contributed by atoms with Crippen LogP contribution in [0.15, 0.2) is 0 Å². The van der Waals surface area contributed by atoms with Crippen LogP contribution in [-0.4, -0.2) is 17.9 Å². The Hall–Kier alpha value is -0.900. The first-order chi connectivity index (χ1) is 6.70. The Bertz CT molecular complexity index is 359.